The van der Waals surface area contributed by atoms with Gasteiger partial charge in [-0.15, -0.1) is 0 Å². The molecule has 1 aromatic carbocycles. The molecule has 1 heterocycles. The Morgan fingerprint density at radius 2 is 2.00 bits per heavy atom. The highest BCUT2D eigenvalue weighted by Crippen LogP contribution is 2.11. The largest absolute Gasteiger partial charge is 0.366 e. The average Bonchev–Trinajstić information content (AvgIpc) is 2.55. The number of hydrogen-bond donors (Lipinski definition) is 2. The summed E-state index contributed by atoms with van der Waals surface area (Å²) in [6.45, 7) is 3.34. The molecule has 0 aliphatic carbocycles. The van der Waals surface area contributed by atoms with Crippen LogP contribution in [0.3, 0.4) is 0 Å². The molecule has 0 spiro atoms. The van der Waals surface area contributed by atoms with Crippen LogP contribution in [0.15, 0.2) is 36.7 Å². The molecule has 2 rings (SSSR count). The highest BCUT2D eigenvalue weighted by atomic mass is 35.5. The minimum atomic E-state index is -0.176. The minimum Gasteiger partial charge on any atom is -0.366 e. The Hall–Kier alpha value is -2.14. The standard InChI is InChI=1S/C16H19ClN4O/c1-2-3-8-18-16(22)14-9-15(21-11-20-14)19-10-12-4-6-13(17)7-5-12/h4-7,9,11H,2-3,8,10H2,1H3,(H,18,22)(H,19,20,21). The fourth-order valence-electron chi connectivity index (χ4n) is 1.84. The molecule has 0 aliphatic heterocycles. The lowest BCUT2D eigenvalue weighted by Gasteiger charge is -2.07. The first-order chi connectivity index (χ1) is 10.7. The lowest BCUT2D eigenvalue weighted by Crippen LogP contribution is -2.25. The summed E-state index contributed by atoms with van der Waals surface area (Å²) < 4.78 is 0. The fourth-order valence-corrected chi connectivity index (χ4v) is 1.97. The van der Waals surface area contributed by atoms with Crippen LogP contribution in [0.5, 0.6) is 0 Å². The molecule has 22 heavy (non-hydrogen) atoms. The predicted octanol–water partition coefficient (Wildman–Crippen LogP) is 3.27. The molecular formula is C16H19ClN4O. The summed E-state index contributed by atoms with van der Waals surface area (Å²) >= 11 is 5.85. The number of carbonyl (C=O) groups is 1. The normalized spacial score (nSPS) is 10.3. The van der Waals surface area contributed by atoms with E-state index in [1.165, 1.54) is 6.33 Å². The molecule has 116 valence electrons. The van der Waals surface area contributed by atoms with Crippen molar-refractivity contribution in [1.82, 2.24) is 15.3 Å². The molecule has 1 aromatic heterocycles. The number of hydrogen-bond acceptors (Lipinski definition) is 4. The first kappa shape index (κ1) is 16.2. The lowest BCUT2D eigenvalue weighted by molar-refractivity contribution is 0.0948. The fraction of sp³-hybridized carbons (Fsp3) is 0.312. The molecule has 2 N–H and O–H groups in total. The molecule has 0 unspecified atom stereocenters. The number of carbonyl (C=O) groups excluding carboxylic acids is 1. The first-order valence-corrected chi connectivity index (χ1v) is 7.65. The van der Waals surface area contributed by atoms with Crippen LogP contribution < -0.4 is 10.6 Å². The van der Waals surface area contributed by atoms with Gasteiger partial charge in [-0.3, -0.25) is 4.79 Å². The summed E-state index contributed by atoms with van der Waals surface area (Å²) in [4.78, 5) is 20.1. The smallest absolute Gasteiger partial charge is 0.270 e. The Morgan fingerprint density at radius 1 is 1.23 bits per heavy atom. The van der Waals surface area contributed by atoms with Gasteiger partial charge in [0.25, 0.3) is 5.91 Å². The quantitative estimate of drug-likeness (QED) is 0.769. The highest BCUT2D eigenvalue weighted by Gasteiger charge is 2.07. The van der Waals surface area contributed by atoms with E-state index in [0.717, 1.165) is 18.4 Å². The molecule has 0 bridgehead atoms. The summed E-state index contributed by atoms with van der Waals surface area (Å²) in [6, 6.07) is 9.21. The van der Waals surface area contributed by atoms with Gasteiger partial charge >= 0.3 is 0 Å². The summed E-state index contributed by atoms with van der Waals surface area (Å²) in [5.41, 5.74) is 1.45. The van der Waals surface area contributed by atoms with Crippen molar-refractivity contribution >= 4 is 23.3 Å². The predicted molar refractivity (Wildman–Crippen MR) is 88.1 cm³/mol. The third-order valence-electron chi connectivity index (χ3n) is 3.10. The van der Waals surface area contributed by atoms with Crippen molar-refractivity contribution in [3.8, 4) is 0 Å². The van der Waals surface area contributed by atoms with E-state index in [2.05, 4.69) is 27.5 Å². The number of unbranched alkanes of at least 4 members (excludes halogenated alkanes) is 1. The van der Waals surface area contributed by atoms with Crippen LogP contribution >= 0.6 is 11.6 Å². The maximum Gasteiger partial charge on any atom is 0.270 e. The number of rotatable bonds is 7. The van der Waals surface area contributed by atoms with Crippen LogP contribution in [0.2, 0.25) is 5.02 Å². The van der Waals surface area contributed by atoms with Crippen molar-refractivity contribution in [2.75, 3.05) is 11.9 Å². The second kappa shape index (κ2) is 8.34. The Balaban J connectivity index is 1.93. The zero-order chi connectivity index (χ0) is 15.8. The van der Waals surface area contributed by atoms with Crippen molar-refractivity contribution in [1.29, 1.82) is 0 Å². The lowest BCUT2D eigenvalue weighted by atomic mass is 10.2. The zero-order valence-corrected chi connectivity index (χ0v) is 13.2. The zero-order valence-electron chi connectivity index (χ0n) is 12.5. The van der Waals surface area contributed by atoms with E-state index in [-0.39, 0.29) is 5.91 Å². The van der Waals surface area contributed by atoms with E-state index in [9.17, 15) is 4.79 Å². The molecular weight excluding hydrogens is 300 g/mol. The van der Waals surface area contributed by atoms with Crippen molar-refractivity contribution < 1.29 is 4.79 Å². The topological polar surface area (TPSA) is 66.9 Å². The highest BCUT2D eigenvalue weighted by molar-refractivity contribution is 6.30. The number of aromatic nitrogens is 2. The summed E-state index contributed by atoms with van der Waals surface area (Å²) in [6.07, 6.45) is 3.38. The molecule has 0 saturated carbocycles. The van der Waals surface area contributed by atoms with Gasteiger partial charge in [0.15, 0.2) is 0 Å². The molecule has 0 radical (unpaired) electrons. The van der Waals surface area contributed by atoms with Crippen LogP contribution in [0.25, 0.3) is 0 Å². The van der Waals surface area contributed by atoms with Gasteiger partial charge < -0.3 is 10.6 Å². The van der Waals surface area contributed by atoms with Crippen molar-refractivity contribution in [2.24, 2.45) is 0 Å². The Kier molecular flexibility index (Phi) is 6.15. The van der Waals surface area contributed by atoms with Crippen LogP contribution in [0, 0.1) is 0 Å². The number of benzene rings is 1. The van der Waals surface area contributed by atoms with Crippen LogP contribution in [-0.4, -0.2) is 22.4 Å². The SMILES string of the molecule is CCCCNC(=O)c1cc(NCc2ccc(Cl)cc2)ncn1. The Morgan fingerprint density at radius 3 is 2.73 bits per heavy atom. The maximum atomic E-state index is 11.9. The van der Waals surface area contributed by atoms with Gasteiger partial charge in [-0.25, -0.2) is 9.97 Å². The van der Waals surface area contributed by atoms with E-state index in [4.69, 9.17) is 11.6 Å². The molecule has 0 aliphatic rings. The van der Waals surface area contributed by atoms with E-state index >= 15 is 0 Å². The minimum absolute atomic E-state index is 0.176. The van der Waals surface area contributed by atoms with Gasteiger partial charge in [0.2, 0.25) is 0 Å². The van der Waals surface area contributed by atoms with E-state index in [1.807, 2.05) is 24.3 Å². The number of nitrogens with zero attached hydrogens (tertiary/aromatic N) is 2. The number of nitrogens with one attached hydrogen (secondary N) is 2. The Labute approximate surface area is 135 Å². The number of halogens is 1. The maximum absolute atomic E-state index is 11.9. The van der Waals surface area contributed by atoms with Crippen molar-refractivity contribution in [3.63, 3.8) is 0 Å². The van der Waals surface area contributed by atoms with Gasteiger partial charge in [-0.2, -0.15) is 0 Å². The molecule has 0 atom stereocenters. The number of anilines is 1. The first-order valence-electron chi connectivity index (χ1n) is 7.27. The third kappa shape index (κ3) is 5.00. The van der Waals surface area contributed by atoms with Crippen LogP contribution in [-0.2, 0) is 6.54 Å². The molecule has 6 heteroatoms. The van der Waals surface area contributed by atoms with Crippen molar-refractivity contribution in [3.05, 3.63) is 52.9 Å². The van der Waals surface area contributed by atoms with Gasteiger partial charge in [0.1, 0.15) is 17.8 Å². The molecule has 1 amide bonds. The second-order valence-corrected chi connectivity index (χ2v) is 5.31. The van der Waals surface area contributed by atoms with Gasteiger partial charge in [0.05, 0.1) is 0 Å². The van der Waals surface area contributed by atoms with E-state index < -0.39 is 0 Å². The van der Waals surface area contributed by atoms with Gasteiger partial charge in [-0.05, 0) is 24.1 Å². The van der Waals surface area contributed by atoms with Gasteiger partial charge in [-0.1, -0.05) is 37.1 Å². The summed E-state index contributed by atoms with van der Waals surface area (Å²) in [5.74, 6) is 0.441. The van der Waals surface area contributed by atoms with E-state index in [0.29, 0.717) is 29.6 Å². The monoisotopic (exact) mass is 318 g/mol. The van der Waals surface area contributed by atoms with Crippen LogP contribution in [0.1, 0.15) is 35.8 Å². The van der Waals surface area contributed by atoms with Crippen molar-refractivity contribution in [2.45, 2.75) is 26.3 Å². The summed E-state index contributed by atoms with van der Waals surface area (Å²) in [7, 11) is 0. The molecule has 2 aromatic rings. The molecule has 0 saturated heterocycles. The third-order valence-corrected chi connectivity index (χ3v) is 3.35. The number of amides is 1. The Bertz CT molecular complexity index is 616. The van der Waals surface area contributed by atoms with Crippen LogP contribution in [0.4, 0.5) is 5.82 Å². The molecule has 0 fully saturated rings. The summed E-state index contributed by atoms with van der Waals surface area (Å²) in [5, 5.41) is 6.71. The average molecular weight is 319 g/mol. The van der Waals surface area contributed by atoms with Gasteiger partial charge in [0, 0.05) is 24.2 Å². The second-order valence-electron chi connectivity index (χ2n) is 4.88. The van der Waals surface area contributed by atoms with E-state index in [1.54, 1.807) is 6.07 Å². The molecule has 5 nitrogen and oxygen atoms in total.